The van der Waals surface area contributed by atoms with Gasteiger partial charge in [-0.05, 0) is 24.0 Å². The Bertz CT molecular complexity index is 456. The van der Waals surface area contributed by atoms with E-state index in [2.05, 4.69) is 5.32 Å². The van der Waals surface area contributed by atoms with Crippen molar-refractivity contribution in [3.63, 3.8) is 0 Å². The molecule has 4 heteroatoms. The summed E-state index contributed by atoms with van der Waals surface area (Å²) in [4.78, 5) is 22.3. The van der Waals surface area contributed by atoms with Crippen molar-refractivity contribution in [1.29, 1.82) is 0 Å². The van der Waals surface area contributed by atoms with Crippen LogP contribution in [-0.2, 0) is 16.0 Å². The Balaban J connectivity index is 2.27. The van der Waals surface area contributed by atoms with E-state index >= 15 is 0 Å². The fraction of sp³-hybridized carbons (Fsp3) is 0.385. The number of hydrogen-bond donors (Lipinski definition) is 2. The average molecular weight is 233 g/mol. The van der Waals surface area contributed by atoms with Gasteiger partial charge >= 0.3 is 5.97 Å². The predicted molar refractivity (Wildman–Crippen MR) is 62.7 cm³/mol. The van der Waals surface area contributed by atoms with Crippen LogP contribution < -0.4 is 5.32 Å². The summed E-state index contributed by atoms with van der Waals surface area (Å²) < 4.78 is 0. The summed E-state index contributed by atoms with van der Waals surface area (Å²) in [7, 11) is 0. The Labute approximate surface area is 99.6 Å². The molecule has 17 heavy (non-hydrogen) atoms. The first-order chi connectivity index (χ1) is 8.09. The van der Waals surface area contributed by atoms with Gasteiger partial charge in [-0.2, -0.15) is 0 Å². The van der Waals surface area contributed by atoms with Crippen molar-refractivity contribution in [3.8, 4) is 0 Å². The number of carboxylic acid groups (broad SMARTS) is 1. The van der Waals surface area contributed by atoms with Crippen molar-refractivity contribution in [1.82, 2.24) is 5.32 Å². The third-order valence-electron chi connectivity index (χ3n) is 3.21. The first-order valence-corrected chi connectivity index (χ1v) is 5.67. The van der Waals surface area contributed by atoms with Crippen LogP contribution in [0.15, 0.2) is 24.3 Å². The van der Waals surface area contributed by atoms with Crippen LogP contribution >= 0.6 is 0 Å². The second-order valence-electron chi connectivity index (χ2n) is 4.36. The Hall–Kier alpha value is -1.84. The molecule has 0 heterocycles. The molecule has 4 nitrogen and oxygen atoms in total. The molecular formula is C13H15NO3. The van der Waals surface area contributed by atoms with Crippen LogP contribution in [0.3, 0.4) is 0 Å². The molecule has 0 fully saturated rings. The number of carboxylic acids is 1. The van der Waals surface area contributed by atoms with Crippen LogP contribution in [0.2, 0.25) is 0 Å². The highest BCUT2D eigenvalue weighted by atomic mass is 16.4. The molecule has 0 aromatic heterocycles. The largest absolute Gasteiger partial charge is 0.480 e. The standard InChI is InChI=1S/C13H15NO3/c1-8(15)14-12(13(16)17)11-7-6-9-4-2-3-5-10(9)11/h2-5,11-12H,6-7H2,1H3,(H,14,15)(H,16,17)/t11?,12-/m1/s1. The van der Waals surface area contributed by atoms with Crippen LogP contribution in [0.4, 0.5) is 0 Å². The number of hydrogen-bond acceptors (Lipinski definition) is 2. The minimum atomic E-state index is -0.970. The minimum absolute atomic E-state index is 0.118. The fourth-order valence-corrected chi connectivity index (χ4v) is 2.49. The summed E-state index contributed by atoms with van der Waals surface area (Å²) in [6.45, 7) is 1.34. The van der Waals surface area contributed by atoms with E-state index in [1.165, 1.54) is 12.5 Å². The topological polar surface area (TPSA) is 66.4 Å². The van der Waals surface area contributed by atoms with Gasteiger partial charge in [0.15, 0.2) is 0 Å². The van der Waals surface area contributed by atoms with Gasteiger partial charge < -0.3 is 10.4 Å². The number of aryl methyl sites for hydroxylation is 1. The number of carbonyl (C=O) groups excluding carboxylic acids is 1. The number of rotatable bonds is 3. The van der Waals surface area contributed by atoms with Crippen molar-refractivity contribution >= 4 is 11.9 Å². The van der Waals surface area contributed by atoms with Gasteiger partial charge in [0.05, 0.1) is 0 Å². The van der Waals surface area contributed by atoms with Crippen LogP contribution in [0.1, 0.15) is 30.4 Å². The number of aliphatic carboxylic acids is 1. The first kappa shape index (κ1) is 11.6. The Morgan fingerprint density at radius 2 is 2.12 bits per heavy atom. The minimum Gasteiger partial charge on any atom is -0.480 e. The quantitative estimate of drug-likeness (QED) is 0.827. The third-order valence-corrected chi connectivity index (χ3v) is 3.21. The maximum atomic E-state index is 11.2. The summed E-state index contributed by atoms with van der Waals surface area (Å²) in [5.41, 5.74) is 2.24. The molecule has 1 unspecified atom stereocenters. The molecule has 2 N–H and O–H groups in total. The van der Waals surface area contributed by atoms with Gasteiger partial charge in [-0.3, -0.25) is 4.79 Å². The molecule has 2 rings (SSSR count). The van der Waals surface area contributed by atoms with Gasteiger partial charge in [0, 0.05) is 12.8 Å². The lowest BCUT2D eigenvalue weighted by Crippen LogP contribution is -2.43. The summed E-state index contributed by atoms with van der Waals surface area (Å²) in [6, 6.07) is 7.00. The van der Waals surface area contributed by atoms with E-state index in [9.17, 15) is 14.7 Å². The van der Waals surface area contributed by atoms with Crippen LogP contribution in [0.5, 0.6) is 0 Å². The Kier molecular flexibility index (Phi) is 3.13. The predicted octanol–water partition coefficient (Wildman–Crippen LogP) is 1.31. The molecular weight excluding hydrogens is 218 g/mol. The van der Waals surface area contributed by atoms with Gasteiger partial charge in [0.2, 0.25) is 5.91 Å². The summed E-state index contributed by atoms with van der Waals surface area (Å²) in [5, 5.41) is 11.7. The Morgan fingerprint density at radius 3 is 2.76 bits per heavy atom. The molecule has 0 aliphatic heterocycles. The van der Waals surface area contributed by atoms with Gasteiger partial charge in [-0.15, -0.1) is 0 Å². The van der Waals surface area contributed by atoms with Crippen LogP contribution in [0, 0.1) is 0 Å². The molecule has 1 aliphatic carbocycles. The maximum absolute atomic E-state index is 11.2. The number of nitrogens with one attached hydrogen (secondary N) is 1. The van der Waals surface area contributed by atoms with Crippen molar-refractivity contribution in [2.75, 3.05) is 0 Å². The third kappa shape index (κ3) is 2.30. The molecule has 90 valence electrons. The number of benzene rings is 1. The highest BCUT2D eigenvalue weighted by molar-refractivity contribution is 5.83. The highest BCUT2D eigenvalue weighted by Gasteiger charge is 2.34. The molecule has 1 aliphatic rings. The van der Waals surface area contributed by atoms with E-state index in [1.807, 2.05) is 24.3 Å². The number of fused-ring (bicyclic) bond motifs is 1. The lowest BCUT2D eigenvalue weighted by Gasteiger charge is -2.21. The SMILES string of the molecule is CC(=O)N[C@@H](C(=O)O)C1CCc2ccccc21. The second-order valence-corrected chi connectivity index (χ2v) is 4.36. The van der Waals surface area contributed by atoms with Gasteiger partial charge in [-0.25, -0.2) is 4.79 Å². The fourth-order valence-electron chi connectivity index (χ4n) is 2.49. The van der Waals surface area contributed by atoms with E-state index in [-0.39, 0.29) is 11.8 Å². The lowest BCUT2D eigenvalue weighted by atomic mass is 9.93. The summed E-state index contributed by atoms with van der Waals surface area (Å²) in [6.07, 6.45) is 1.65. The number of carbonyl (C=O) groups is 2. The van der Waals surface area contributed by atoms with E-state index < -0.39 is 12.0 Å². The van der Waals surface area contributed by atoms with E-state index in [0.717, 1.165) is 18.4 Å². The van der Waals surface area contributed by atoms with Crippen molar-refractivity contribution in [3.05, 3.63) is 35.4 Å². The van der Waals surface area contributed by atoms with Crippen LogP contribution in [-0.4, -0.2) is 23.0 Å². The molecule has 1 aromatic carbocycles. The smallest absolute Gasteiger partial charge is 0.326 e. The average Bonchev–Trinajstić information content (AvgIpc) is 2.69. The van der Waals surface area contributed by atoms with Gasteiger partial charge in [0.25, 0.3) is 0 Å². The first-order valence-electron chi connectivity index (χ1n) is 5.67. The van der Waals surface area contributed by atoms with E-state index in [1.54, 1.807) is 0 Å². The molecule has 0 saturated heterocycles. The second kappa shape index (κ2) is 4.57. The maximum Gasteiger partial charge on any atom is 0.326 e. The summed E-state index contributed by atoms with van der Waals surface area (Å²) >= 11 is 0. The molecule has 2 atom stereocenters. The zero-order valence-electron chi connectivity index (χ0n) is 9.64. The molecule has 1 amide bonds. The molecule has 0 spiro atoms. The van der Waals surface area contributed by atoms with Crippen molar-refractivity contribution < 1.29 is 14.7 Å². The highest BCUT2D eigenvalue weighted by Crippen LogP contribution is 2.35. The molecule has 0 bridgehead atoms. The van der Waals surface area contributed by atoms with Crippen molar-refractivity contribution in [2.45, 2.75) is 31.7 Å². The normalized spacial score (nSPS) is 19.5. The lowest BCUT2D eigenvalue weighted by molar-refractivity contribution is -0.142. The Morgan fingerprint density at radius 1 is 1.41 bits per heavy atom. The summed E-state index contributed by atoms with van der Waals surface area (Å²) in [5.74, 6) is -1.39. The zero-order chi connectivity index (χ0) is 12.4. The molecule has 1 aromatic rings. The van der Waals surface area contributed by atoms with E-state index in [4.69, 9.17) is 0 Å². The van der Waals surface area contributed by atoms with Crippen molar-refractivity contribution in [2.24, 2.45) is 0 Å². The molecule has 0 saturated carbocycles. The van der Waals surface area contributed by atoms with E-state index in [0.29, 0.717) is 0 Å². The molecule has 0 radical (unpaired) electrons. The van der Waals surface area contributed by atoms with Gasteiger partial charge in [0.1, 0.15) is 6.04 Å². The van der Waals surface area contributed by atoms with Gasteiger partial charge in [-0.1, -0.05) is 24.3 Å². The zero-order valence-corrected chi connectivity index (χ0v) is 9.64. The van der Waals surface area contributed by atoms with Crippen LogP contribution in [0.25, 0.3) is 0 Å². The number of amides is 1. The monoisotopic (exact) mass is 233 g/mol.